The van der Waals surface area contributed by atoms with E-state index in [9.17, 15) is 8.42 Å². The lowest BCUT2D eigenvalue weighted by Crippen LogP contribution is -2.44. The molecule has 13 heteroatoms. The van der Waals surface area contributed by atoms with Crippen molar-refractivity contribution >= 4 is 55.6 Å². The number of H-pyrrole nitrogens is 1. The number of likely N-dealkylation sites (N-methyl/N-ethyl adjacent to an activating group) is 1. The largest absolute Gasteiger partial charge is 0.494 e. The molecule has 12 nitrogen and oxygen atoms in total. The van der Waals surface area contributed by atoms with Crippen molar-refractivity contribution in [1.82, 2.24) is 25.6 Å². The number of ether oxygens (including phenoxy) is 1. The number of aromatic nitrogens is 3. The Labute approximate surface area is 252 Å². The van der Waals surface area contributed by atoms with Gasteiger partial charge in [0.15, 0.2) is 5.82 Å². The summed E-state index contributed by atoms with van der Waals surface area (Å²) >= 11 is 0. The number of methoxy groups -OCH3 is 1. The van der Waals surface area contributed by atoms with Crippen LogP contribution in [0.15, 0.2) is 48.7 Å². The first kappa shape index (κ1) is 29.0. The van der Waals surface area contributed by atoms with Crippen LogP contribution in [0, 0.1) is 0 Å². The molecule has 2 aromatic heterocycles. The number of piperidine rings is 1. The molecule has 2 aliphatic heterocycles. The molecule has 2 aromatic carbocycles. The van der Waals surface area contributed by atoms with Crippen LogP contribution in [0.2, 0.25) is 0 Å². The molecule has 1 saturated heterocycles. The molecule has 0 spiro atoms. The van der Waals surface area contributed by atoms with Crippen LogP contribution in [0.25, 0.3) is 11.0 Å². The Morgan fingerprint density at radius 1 is 1.02 bits per heavy atom. The number of hydrogen-bond acceptors (Lipinski definition) is 10. The Morgan fingerprint density at radius 2 is 1.86 bits per heavy atom. The highest BCUT2D eigenvalue weighted by atomic mass is 32.2. The topological polar surface area (TPSA) is 140 Å². The Bertz CT molecular complexity index is 1700. The van der Waals surface area contributed by atoms with Crippen LogP contribution in [0.3, 0.4) is 0 Å². The molecule has 5 N–H and O–H groups in total. The lowest BCUT2D eigenvalue weighted by atomic mass is 10.0. The molecular formula is C30H39N9O3S. The number of nitrogens with zero attached hydrogens (tertiary/aromatic N) is 4. The van der Waals surface area contributed by atoms with E-state index in [1.165, 1.54) is 10.6 Å². The number of nitrogens with one attached hydrogen (secondary N) is 5. The number of para-hydroxylation sites is 1. The third-order valence-corrected chi connectivity index (χ3v) is 9.28. The van der Waals surface area contributed by atoms with E-state index in [0.29, 0.717) is 53.4 Å². The van der Waals surface area contributed by atoms with Gasteiger partial charge in [0.2, 0.25) is 16.0 Å². The second kappa shape index (κ2) is 12.3. The zero-order chi connectivity index (χ0) is 30.0. The van der Waals surface area contributed by atoms with E-state index in [2.05, 4.69) is 43.3 Å². The molecule has 1 fully saturated rings. The van der Waals surface area contributed by atoms with Crippen molar-refractivity contribution in [2.75, 3.05) is 73.0 Å². The quantitative estimate of drug-likeness (QED) is 0.161. The van der Waals surface area contributed by atoms with Gasteiger partial charge < -0.3 is 35.9 Å². The molecule has 43 heavy (non-hydrogen) atoms. The molecule has 6 rings (SSSR count). The van der Waals surface area contributed by atoms with Crippen molar-refractivity contribution in [1.29, 1.82) is 0 Å². The SMILES string of the molecule is CNCCNC1CCN(c2ccc(Nc3nc(Nc4cccc5c4N(S(C)(=O)=O)CC5)c4[nH]ccc4n3)c(OC)c2)CC1. The van der Waals surface area contributed by atoms with Gasteiger partial charge in [-0.1, -0.05) is 12.1 Å². The fraction of sp³-hybridized carbons (Fsp3) is 0.400. The summed E-state index contributed by atoms with van der Waals surface area (Å²) in [5.41, 5.74) is 5.61. The lowest BCUT2D eigenvalue weighted by molar-refractivity contribution is 0.410. The minimum absolute atomic E-state index is 0.390. The Hall–Kier alpha value is -4.07. The summed E-state index contributed by atoms with van der Waals surface area (Å²) in [6.07, 6.45) is 5.89. The summed E-state index contributed by atoms with van der Waals surface area (Å²) in [6.45, 7) is 4.34. The van der Waals surface area contributed by atoms with Crippen molar-refractivity contribution < 1.29 is 13.2 Å². The first-order chi connectivity index (χ1) is 20.8. The molecule has 0 saturated carbocycles. The van der Waals surface area contributed by atoms with Crippen LogP contribution in [-0.2, 0) is 16.4 Å². The molecule has 0 amide bonds. The Kier molecular flexibility index (Phi) is 8.28. The molecule has 0 bridgehead atoms. The fourth-order valence-corrected chi connectivity index (χ4v) is 6.89. The smallest absolute Gasteiger partial charge is 0.232 e. The third-order valence-electron chi connectivity index (χ3n) is 8.11. The lowest BCUT2D eigenvalue weighted by Gasteiger charge is -2.34. The van der Waals surface area contributed by atoms with Gasteiger partial charge in [-0.05, 0) is 56.1 Å². The van der Waals surface area contributed by atoms with E-state index < -0.39 is 10.0 Å². The number of anilines is 6. The molecule has 2 aliphatic rings. The van der Waals surface area contributed by atoms with Crippen molar-refractivity contribution in [2.24, 2.45) is 0 Å². The third kappa shape index (κ3) is 6.19. The van der Waals surface area contributed by atoms with Gasteiger partial charge in [0.05, 0.1) is 35.9 Å². The zero-order valence-electron chi connectivity index (χ0n) is 24.8. The van der Waals surface area contributed by atoms with Gasteiger partial charge in [-0.15, -0.1) is 0 Å². The number of benzene rings is 2. The average Bonchev–Trinajstić information content (AvgIpc) is 3.66. The van der Waals surface area contributed by atoms with Crippen molar-refractivity contribution in [2.45, 2.75) is 25.3 Å². The molecule has 0 unspecified atom stereocenters. The standard InChI is InChI=1S/C30H39N9O3S/c1-31-14-15-32-21-11-16-38(17-12-21)22-7-8-23(26(19-22)42-2)35-30-36-24-9-13-33-27(24)29(37-30)34-25-6-4-5-20-10-18-39(28(20)25)43(3,40)41/h4-9,13,19,21,31-33H,10-12,14-18H2,1-3H3,(H2,34,35,36,37). The number of aromatic amines is 1. The molecular weight excluding hydrogens is 566 g/mol. The molecule has 0 atom stereocenters. The maximum absolute atomic E-state index is 12.5. The van der Waals surface area contributed by atoms with Gasteiger partial charge in [-0.3, -0.25) is 4.31 Å². The van der Waals surface area contributed by atoms with Crippen LogP contribution in [-0.4, -0.2) is 82.5 Å². The second-order valence-corrected chi connectivity index (χ2v) is 12.9. The van der Waals surface area contributed by atoms with Gasteiger partial charge in [-0.2, -0.15) is 4.98 Å². The molecule has 228 valence electrons. The number of sulfonamides is 1. The van der Waals surface area contributed by atoms with E-state index in [-0.39, 0.29) is 0 Å². The number of rotatable bonds is 11. The Balaban J connectivity index is 1.23. The zero-order valence-corrected chi connectivity index (χ0v) is 25.6. The van der Waals surface area contributed by atoms with Crippen molar-refractivity contribution in [3.8, 4) is 5.75 Å². The maximum atomic E-state index is 12.5. The summed E-state index contributed by atoms with van der Waals surface area (Å²) in [7, 11) is 0.215. The van der Waals surface area contributed by atoms with E-state index in [4.69, 9.17) is 14.7 Å². The maximum Gasteiger partial charge on any atom is 0.232 e. The van der Waals surface area contributed by atoms with Crippen molar-refractivity contribution in [3.05, 3.63) is 54.2 Å². The first-order valence-electron chi connectivity index (χ1n) is 14.6. The van der Waals surface area contributed by atoms with E-state index in [0.717, 1.165) is 61.5 Å². The Morgan fingerprint density at radius 3 is 2.63 bits per heavy atom. The summed E-state index contributed by atoms with van der Waals surface area (Å²) < 4.78 is 32.3. The van der Waals surface area contributed by atoms with Crippen LogP contribution >= 0.6 is 0 Å². The van der Waals surface area contributed by atoms with E-state index >= 15 is 0 Å². The minimum Gasteiger partial charge on any atom is -0.494 e. The summed E-state index contributed by atoms with van der Waals surface area (Å²) in [5.74, 6) is 1.62. The molecule has 4 aromatic rings. The van der Waals surface area contributed by atoms with E-state index in [1.54, 1.807) is 13.3 Å². The fourth-order valence-electron chi connectivity index (χ4n) is 5.92. The van der Waals surface area contributed by atoms with E-state index in [1.807, 2.05) is 37.4 Å². The molecule has 0 radical (unpaired) electrons. The summed E-state index contributed by atoms with van der Waals surface area (Å²) in [5, 5.41) is 13.5. The average molecular weight is 606 g/mol. The van der Waals surface area contributed by atoms with Gasteiger partial charge in [0, 0.05) is 56.7 Å². The van der Waals surface area contributed by atoms with Crippen LogP contribution in [0.1, 0.15) is 18.4 Å². The normalized spacial score (nSPS) is 15.6. The van der Waals surface area contributed by atoms with Gasteiger partial charge in [-0.25, -0.2) is 13.4 Å². The minimum atomic E-state index is -3.42. The van der Waals surface area contributed by atoms with Crippen LogP contribution in [0.4, 0.5) is 34.5 Å². The predicted octanol–water partition coefficient (Wildman–Crippen LogP) is 3.55. The van der Waals surface area contributed by atoms with Crippen LogP contribution < -0.4 is 35.2 Å². The van der Waals surface area contributed by atoms with Crippen molar-refractivity contribution in [3.63, 3.8) is 0 Å². The highest BCUT2D eigenvalue weighted by molar-refractivity contribution is 7.92. The van der Waals surface area contributed by atoms with Crippen LogP contribution in [0.5, 0.6) is 5.75 Å². The molecule has 0 aliphatic carbocycles. The number of hydrogen-bond donors (Lipinski definition) is 5. The second-order valence-electron chi connectivity index (χ2n) is 11.0. The molecule has 4 heterocycles. The monoisotopic (exact) mass is 605 g/mol. The highest BCUT2D eigenvalue weighted by Crippen LogP contribution is 2.39. The highest BCUT2D eigenvalue weighted by Gasteiger charge is 2.29. The first-order valence-corrected chi connectivity index (χ1v) is 16.5. The predicted molar refractivity (Wildman–Crippen MR) is 173 cm³/mol. The van der Waals surface area contributed by atoms with Gasteiger partial charge in [0.25, 0.3) is 0 Å². The summed E-state index contributed by atoms with van der Waals surface area (Å²) in [6, 6.07) is 14.3. The van der Waals surface area contributed by atoms with Gasteiger partial charge >= 0.3 is 0 Å². The number of fused-ring (bicyclic) bond motifs is 2. The summed E-state index contributed by atoms with van der Waals surface area (Å²) in [4.78, 5) is 15.1. The van der Waals surface area contributed by atoms with Gasteiger partial charge in [0.1, 0.15) is 11.3 Å².